The molecule has 4 aromatic rings. The van der Waals surface area contributed by atoms with E-state index in [1.807, 2.05) is 16.2 Å². The first kappa shape index (κ1) is 22.4. The van der Waals surface area contributed by atoms with Crippen molar-refractivity contribution in [2.24, 2.45) is 0 Å². The molecular weight excluding hydrogens is 477 g/mol. The number of urea groups is 1. The van der Waals surface area contributed by atoms with E-state index in [1.54, 1.807) is 23.9 Å². The molecule has 0 saturated carbocycles. The monoisotopic (exact) mass is 503 g/mol. The van der Waals surface area contributed by atoms with Crippen molar-refractivity contribution in [3.05, 3.63) is 99.9 Å². The van der Waals surface area contributed by atoms with Crippen LogP contribution in [0.25, 0.3) is 5.00 Å². The number of halogens is 1. The molecule has 6 rings (SSSR count). The van der Waals surface area contributed by atoms with Gasteiger partial charge in [-0.1, -0.05) is 12.1 Å². The summed E-state index contributed by atoms with van der Waals surface area (Å²) in [7, 11) is 0. The first-order chi connectivity index (χ1) is 17.1. The van der Waals surface area contributed by atoms with Gasteiger partial charge in [-0.25, -0.2) is 9.18 Å². The number of hydrogen-bond donors (Lipinski definition) is 1. The summed E-state index contributed by atoms with van der Waals surface area (Å²) in [6.45, 7) is 0.533. The third kappa shape index (κ3) is 4.06. The van der Waals surface area contributed by atoms with Gasteiger partial charge in [0.25, 0.3) is 0 Å². The fourth-order valence-electron chi connectivity index (χ4n) is 5.25. The number of rotatable bonds is 3. The van der Waals surface area contributed by atoms with Crippen molar-refractivity contribution in [3.8, 4) is 5.00 Å². The zero-order valence-corrected chi connectivity index (χ0v) is 21.1. The summed E-state index contributed by atoms with van der Waals surface area (Å²) in [6, 6.07) is 18.2. The van der Waals surface area contributed by atoms with Gasteiger partial charge in [-0.05, 0) is 91.6 Å². The van der Waals surface area contributed by atoms with Crippen LogP contribution in [-0.4, -0.2) is 21.8 Å². The lowest BCUT2D eigenvalue weighted by molar-refractivity contribution is 0.194. The van der Waals surface area contributed by atoms with E-state index in [0.717, 1.165) is 24.1 Å². The second kappa shape index (κ2) is 9.21. The summed E-state index contributed by atoms with van der Waals surface area (Å²) >= 11 is 3.59. The van der Waals surface area contributed by atoms with E-state index in [9.17, 15) is 9.18 Å². The predicted octanol–water partition coefficient (Wildman–Crippen LogP) is 7.42. The van der Waals surface area contributed by atoms with Crippen molar-refractivity contribution in [1.29, 1.82) is 0 Å². The highest BCUT2D eigenvalue weighted by molar-refractivity contribution is 7.98. The zero-order chi connectivity index (χ0) is 23.9. The maximum atomic E-state index is 13.9. The first-order valence-corrected chi connectivity index (χ1v) is 13.9. The van der Waals surface area contributed by atoms with E-state index in [1.165, 1.54) is 50.9 Å². The lowest BCUT2D eigenvalue weighted by atomic mass is 9.95. The zero-order valence-electron chi connectivity index (χ0n) is 19.5. The predicted molar refractivity (Wildman–Crippen MR) is 141 cm³/mol. The highest BCUT2D eigenvalue weighted by Crippen LogP contribution is 2.44. The molecule has 0 fully saturated rings. The van der Waals surface area contributed by atoms with Crippen LogP contribution < -0.4 is 5.32 Å². The highest BCUT2D eigenvalue weighted by atomic mass is 32.2. The lowest BCUT2D eigenvalue weighted by Gasteiger charge is -2.31. The molecule has 3 heterocycles. The van der Waals surface area contributed by atoms with Crippen molar-refractivity contribution >= 4 is 34.8 Å². The van der Waals surface area contributed by atoms with E-state index >= 15 is 0 Å². The number of benzene rings is 2. The average molecular weight is 504 g/mol. The molecule has 0 bridgehead atoms. The number of amides is 2. The molecule has 2 aromatic carbocycles. The Hall–Kier alpha value is -3.03. The number of nitrogens with one attached hydrogen (secondary N) is 1. The van der Waals surface area contributed by atoms with Crippen molar-refractivity contribution < 1.29 is 9.18 Å². The van der Waals surface area contributed by atoms with Crippen molar-refractivity contribution in [2.45, 2.75) is 43.2 Å². The van der Waals surface area contributed by atoms with Crippen molar-refractivity contribution in [3.63, 3.8) is 0 Å². The third-order valence-electron chi connectivity index (χ3n) is 6.97. The first-order valence-electron chi connectivity index (χ1n) is 11.9. The molecule has 0 saturated heterocycles. The molecule has 2 aromatic heterocycles. The quantitative estimate of drug-likeness (QED) is 0.296. The van der Waals surface area contributed by atoms with Gasteiger partial charge in [-0.15, -0.1) is 23.1 Å². The Labute approximate surface area is 212 Å². The maximum Gasteiger partial charge on any atom is 0.322 e. The molecule has 1 N–H and O–H groups in total. The fraction of sp³-hybridized carbons (Fsp3) is 0.250. The number of anilines is 1. The third-order valence-corrected chi connectivity index (χ3v) is 9.04. The lowest BCUT2D eigenvalue weighted by Crippen LogP contribution is -2.38. The van der Waals surface area contributed by atoms with Crippen LogP contribution in [0, 0.1) is 5.82 Å². The normalized spacial score (nSPS) is 16.7. The van der Waals surface area contributed by atoms with E-state index in [2.05, 4.69) is 58.7 Å². The van der Waals surface area contributed by atoms with Gasteiger partial charge in [-0.3, -0.25) is 0 Å². The molecule has 2 amide bonds. The van der Waals surface area contributed by atoms with Gasteiger partial charge in [0, 0.05) is 27.2 Å². The number of carbonyl (C=O) groups excluding carboxylic acids is 1. The molecule has 1 aliphatic heterocycles. The minimum Gasteiger partial charge on any atom is -0.310 e. The summed E-state index contributed by atoms with van der Waals surface area (Å²) in [5.41, 5.74) is 5.42. The molecule has 178 valence electrons. The Morgan fingerprint density at radius 2 is 1.80 bits per heavy atom. The Bertz CT molecular complexity index is 1370. The number of nitrogens with zero attached hydrogens (tertiary/aromatic N) is 2. The van der Waals surface area contributed by atoms with Crippen LogP contribution in [0.3, 0.4) is 0 Å². The van der Waals surface area contributed by atoms with Crippen LogP contribution in [0.15, 0.2) is 71.8 Å². The summed E-state index contributed by atoms with van der Waals surface area (Å²) in [4.78, 5) is 18.4. The van der Waals surface area contributed by atoms with E-state index in [4.69, 9.17) is 0 Å². The largest absolute Gasteiger partial charge is 0.322 e. The summed E-state index contributed by atoms with van der Waals surface area (Å²) in [5.74, 6) is -0.322. The number of aryl methyl sites for hydroxylation is 1. The van der Waals surface area contributed by atoms with E-state index in [0.29, 0.717) is 12.2 Å². The second-order valence-electron chi connectivity index (χ2n) is 9.04. The fourth-order valence-corrected chi connectivity index (χ4v) is 7.06. The number of fused-ring (bicyclic) bond motifs is 5. The number of aromatic nitrogens is 1. The van der Waals surface area contributed by atoms with Crippen LogP contribution in [0.4, 0.5) is 14.9 Å². The van der Waals surface area contributed by atoms with E-state index < -0.39 is 0 Å². The summed E-state index contributed by atoms with van der Waals surface area (Å²) in [6.07, 6.45) is 8.79. The van der Waals surface area contributed by atoms with Gasteiger partial charge in [0.2, 0.25) is 0 Å². The van der Waals surface area contributed by atoms with Gasteiger partial charge in [0.05, 0.1) is 18.3 Å². The molecule has 4 nitrogen and oxygen atoms in total. The van der Waals surface area contributed by atoms with Crippen LogP contribution in [0.5, 0.6) is 0 Å². The topological polar surface area (TPSA) is 37.3 Å². The summed E-state index contributed by atoms with van der Waals surface area (Å²) in [5, 5.41) is 4.26. The molecule has 35 heavy (non-hydrogen) atoms. The van der Waals surface area contributed by atoms with E-state index in [-0.39, 0.29) is 17.9 Å². The molecule has 1 atom stereocenters. The number of thiophene rings is 1. The number of hydrogen-bond acceptors (Lipinski definition) is 3. The Kier molecular flexibility index (Phi) is 5.90. The van der Waals surface area contributed by atoms with Gasteiger partial charge < -0.3 is 14.8 Å². The van der Waals surface area contributed by atoms with Crippen LogP contribution in [0.2, 0.25) is 0 Å². The van der Waals surface area contributed by atoms with Gasteiger partial charge in [0.1, 0.15) is 10.8 Å². The van der Waals surface area contributed by atoms with Gasteiger partial charge >= 0.3 is 6.03 Å². The van der Waals surface area contributed by atoms with Crippen molar-refractivity contribution in [1.82, 2.24) is 9.47 Å². The molecule has 0 spiro atoms. The standard InChI is InChI=1S/C28H26FN3OS2/c1-34-21-14-8-18(9-15-21)26-24-6-4-16-31(24)27-23(22-5-2-3-7-25(22)35-27)17-32(26)28(33)30-20-12-10-19(29)11-13-20/h4,6,8-16,26H,2-3,5,7,17H2,1H3,(H,30,33)/t26-/m1/s1. The second-order valence-corrected chi connectivity index (χ2v) is 11.0. The van der Waals surface area contributed by atoms with Crippen LogP contribution in [-0.2, 0) is 19.4 Å². The van der Waals surface area contributed by atoms with Crippen molar-refractivity contribution in [2.75, 3.05) is 11.6 Å². The SMILES string of the molecule is CSc1ccc([C@@H]2c3cccn3-c3sc4c(c3CN2C(=O)Nc2ccc(F)cc2)CCCC4)cc1. The minimum atomic E-state index is -0.322. The number of carbonyl (C=O) groups is 1. The molecule has 1 aliphatic carbocycles. The Balaban J connectivity index is 1.48. The number of thioether (sulfide) groups is 1. The van der Waals surface area contributed by atoms with Gasteiger partial charge in [0.15, 0.2) is 0 Å². The molecule has 0 radical (unpaired) electrons. The Morgan fingerprint density at radius 1 is 1.03 bits per heavy atom. The molecule has 7 heteroatoms. The van der Waals surface area contributed by atoms with Gasteiger partial charge in [-0.2, -0.15) is 0 Å². The van der Waals surface area contributed by atoms with Crippen LogP contribution >= 0.6 is 23.1 Å². The average Bonchev–Trinajstić information content (AvgIpc) is 3.47. The molecule has 2 aliphatic rings. The van der Waals surface area contributed by atoms with Crippen LogP contribution in [0.1, 0.15) is 46.1 Å². The maximum absolute atomic E-state index is 13.9. The molecule has 0 unspecified atom stereocenters. The minimum absolute atomic E-state index is 0.188. The highest BCUT2D eigenvalue weighted by Gasteiger charge is 2.36. The Morgan fingerprint density at radius 3 is 2.57 bits per heavy atom. The molecular formula is C28H26FN3OS2. The summed E-state index contributed by atoms with van der Waals surface area (Å²) < 4.78 is 15.8. The smallest absolute Gasteiger partial charge is 0.310 e.